The molecule has 0 saturated heterocycles. The Morgan fingerprint density at radius 3 is 2.50 bits per heavy atom. The van der Waals surface area contributed by atoms with Gasteiger partial charge in [-0.2, -0.15) is 0 Å². The second-order valence-corrected chi connectivity index (χ2v) is 5.55. The SMILES string of the molecule is CC(C)(C)OC(=O)Nc1ccc(Cl)c(C(O)C(F)F)c1. The number of halogens is 3. The average Bonchev–Trinajstić information content (AvgIpc) is 2.28. The minimum atomic E-state index is -2.97. The van der Waals surface area contributed by atoms with Gasteiger partial charge in [-0.3, -0.25) is 5.32 Å². The lowest BCUT2D eigenvalue weighted by Crippen LogP contribution is -2.27. The maximum atomic E-state index is 12.5. The number of aliphatic hydroxyl groups excluding tert-OH is 1. The Labute approximate surface area is 120 Å². The van der Waals surface area contributed by atoms with Crippen molar-refractivity contribution in [2.24, 2.45) is 0 Å². The molecule has 0 aromatic heterocycles. The van der Waals surface area contributed by atoms with Crippen molar-refractivity contribution in [2.75, 3.05) is 5.32 Å². The van der Waals surface area contributed by atoms with Crippen molar-refractivity contribution in [2.45, 2.75) is 38.9 Å². The van der Waals surface area contributed by atoms with Gasteiger partial charge in [-0.15, -0.1) is 0 Å². The highest BCUT2D eigenvalue weighted by molar-refractivity contribution is 6.31. The molecule has 0 aliphatic rings. The van der Waals surface area contributed by atoms with Crippen molar-refractivity contribution in [3.63, 3.8) is 0 Å². The van der Waals surface area contributed by atoms with E-state index in [9.17, 15) is 18.7 Å². The Morgan fingerprint density at radius 2 is 2.00 bits per heavy atom. The lowest BCUT2D eigenvalue weighted by atomic mass is 10.1. The third-order valence-corrected chi connectivity index (χ3v) is 2.54. The van der Waals surface area contributed by atoms with Crippen LogP contribution >= 0.6 is 11.6 Å². The number of hydrogen-bond acceptors (Lipinski definition) is 3. The smallest absolute Gasteiger partial charge is 0.412 e. The molecule has 0 aliphatic heterocycles. The largest absolute Gasteiger partial charge is 0.444 e. The van der Waals surface area contributed by atoms with Crippen molar-refractivity contribution < 1.29 is 23.4 Å². The second-order valence-electron chi connectivity index (χ2n) is 5.14. The minimum Gasteiger partial charge on any atom is -0.444 e. The summed E-state index contributed by atoms with van der Waals surface area (Å²) in [4.78, 5) is 11.6. The normalized spacial score (nSPS) is 13.2. The van der Waals surface area contributed by atoms with E-state index in [0.29, 0.717) is 0 Å². The van der Waals surface area contributed by atoms with Gasteiger partial charge in [0.05, 0.1) is 0 Å². The number of carbonyl (C=O) groups excluding carboxylic acids is 1. The first kappa shape index (κ1) is 16.7. The fraction of sp³-hybridized carbons (Fsp3) is 0.462. The van der Waals surface area contributed by atoms with Crippen LogP contribution in [0.5, 0.6) is 0 Å². The van der Waals surface area contributed by atoms with Gasteiger partial charge in [0.25, 0.3) is 6.43 Å². The zero-order chi connectivity index (χ0) is 15.5. The number of rotatable bonds is 3. The predicted octanol–water partition coefficient (Wildman–Crippen LogP) is 3.99. The summed E-state index contributed by atoms with van der Waals surface area (Å²) in [5.41, 5.74) is -0.629. The quantitative estimate of drug-likeness (QED) is 0.888. The zero-order valence-corrected chi connectivity index (χ0v) is 12.0. The molecule has 0 spiro atoms. The van der Waals surface area contributed by atoms with Gasteiger partial charge in [-0.25, -0.2) is 13.6 Å². The van der Waals surface area contributed by atoms with Crippen molar-refractivity contribution in [1.29, 1.82) is 0 Å². The van der Waals surface area contributed by atoms with Gasteiger partial charge in [-0.1, -0.05) is 11.6 Å². The van der Waals surface area contributed by atoms with Gasteiger partial charge < -0.3 is 9.84 Å². The Balaban J connectivity index is 2.88. The fourth-order valence-electron chi connectivity index (χ4n) is 1.41. The summed E-state index contributed by atoms with van der Waals surface area (Å²) in [6.45, 7) is 5.08. The second kappa shape index (κ2) is 6.37. The minimum absolute atomic E-state index is 0.00691. The van der Waals surface area contributed by atoms with Gasteiger partial charge in [0, 0.05) is 16.3 Å². The Bertz CT molecular complexity index is 489. The monoisotopic (exact) mass is 307 g/mol. The number of hydrogen-bond donors (Lipinski definition) is 2. The molecule has 1 amide bonds. The van der Waals surface area contributed by atoms with Crippen LogP contribution in [0.15, 0.2) is 18.2 Å². The molecule has 112 valence electrons. The van der Waals surface area contributed by atoms with Gasteiger partial charge in [0.2, 0.25) is 0 Å². The molecule has 1 atom stereocenters. The highest BCUT2D eigenvalue weighted by Crippen LogP contribution is 2.30. The van der Waals surface area contributed by atoms with Crippen molar-refractivity contribution in [1.82, 2.24) is 0 Å². The lowest BCUT2D eigenvalue weighted by molar-refractivity contribution is -0.00569. The van der Waals surface area contributed by atoms with Crippen molar-refractivity contribution in [3.05, 3.63) is 28.8 Å². The van der Waals surface area contributed by atoms with E-state index in [1.54, 1.807) is 20.8 Å². The number of aliphatic hydroxyl groups is 1. The third kappa shape index (κ3) is 4.94. The summed E-state index contributed by atoms with van der Waals surface area (Å²) < 4.78 is 30.0. The van der Waals surface area contributed by atoms with Crippen LogP contribution in [0.2, 0.25) is 5.02 Å². The first-order valence-corrected chi connectivity index (χ1v) is 6.23. The van der Waals surface area contributed by atoms with Crippen LogP contribution in [0.3, 0.4) is 0 Å². The molecule has 0 radical (unpaired) electrons. The van der Waals surface area contributed by atoms with Gasteiger partial charge in [-0.05, 0) is 39.0 Å². The molecule has 0 bridgehead atoms. The molecule has 1 unspecified atom stereocenters. The zero-order valence-electron chi connectivity index (χ0n) is 11.3. The number of alkyl halides is 2. The topological polar surface area (TPSA) is 58.6 Å². The van der Waals surface area contributed by atoms with Gasteiger partial charge in [0.1, 0.15) is 11.7 Å². The molecular formula is C13H16ClF2NO3. The molecule has 0 fully saturated rings. The first-order chi connectivity index (χ1) is 9.10. The summed E-state index contributed by atoms with van der Waals surface area (Å²) >= 11 is 5.74. The fourth-order valence-corrected chi connectivity index (χ4v) is 1.63. The van der Waals surface area contributed by atoms with E-state index >= 15 is 0 Å². The van der Waals surface area contributed by atoms with Gasteiger partial charge >= 0.3 is 6.09 Å². The van der Waals surface area contributed by atoms with Crippen LogP contribution in [0.25, 0.3) is 0 Å². The van der Waals surface area contributed by atoms with Crippen LogP contribution in [-0.4, -0.2) is 23.2 Å². The molecule has 7 heteroatoms. The molecule has 0 aliphatic carbocycles. The van der Waals surface area contributed by atoms with E-state index in [1.165, 1.54) is 18.2 Å². The Morgan fingerprint density at radius 1 is 1.40 bits per heavy atom. The lowest BCUT2D eigenvalue weighted by Gasteiger charge is -2.20. The van der Waals surface area contributed by atoms with Crippen molar-refractivity contribution >= 4 is 23.4 Å². The van der Waals surface area contributed by atoms with E-state index in [1.807, 2.05) is 0 Å². The molecule has 1 rings (SSSR count). The number of amides is 1. The number of ether oxygens (including phenoxy) is 1. The molecular weight excluding hydrogens is 292 g/mol. The van der Waals surface area contributed by atoms with E-state index in [0.717, 1.165) is 0 Å². The summed E-state index contributed by atoms with van der Waals surface area (Å²) in [6, 6.07) is 3.92. The van der Waals surface area contributed by atoms with E-state index in [2.05, 4.69) is 5.32 Å². The van der Waals surface area contributed by atoms with Crippen LogP contribution in [-0.2, 0) is 4.74 Å². The number of carbonyl (C=O) groups is 1. The third-order valence-electron chi connectivity index (χ3n) is 2.20. The highest BCUT2D eigenvalue weighted by atomic mass is 35.5. The molecule has 1 aromatic rings. The van der Waals surface area contributed by atoms with E-state index in [-0.39, 0.29) is 16.3 Å². The maximum absolute atomic E-state index is 12.5. The predicted molar refractivity (Wildman–Crippen MR) is 72.3 cm³/mol. The van der Waals surface area contributed by atoms with Crippen LogP contribution in [0.1, 0.15) is 32.4 Å². The summed E-state index contributed by atoms with van der Waals surface area (Å²) in [6.07, 6.45) is -5.70. The van der Waals surface area contributed by atoms with E-state index < -0.39 is 24.2 Å². The summed E-state index contributed by atoms with van der Waals surface area (Å²) in [7, 11) is 0. The number of nitrogens with one attached hydrogen (secondary N) is 1. The Hall–Kier alpha value is -1.40. The van der Waals surface area contributed by atoms with E-state index in [4.69, 9.17) is 16.3 Å². The number of benzene rings is 1. The molecule has 1 aromatic carbocycles. The maximum Gasteiger partial charge on any atom is 0.412 e. The van der Waals surface area contributed by atoms with Gasteiger partial charge in [0.15, 0.2) is 0 Å². The first-order valence-electron chi connectivity index (χ1n) is 5.86. The molecule has 20 heavy (non-hydrogen) atoms. The van der Waals surface area contributed by atoms with Crippen LogP contribution < -0.4 is 5.32 Å². The summed E-state index contributed by atoms with van der Waals surface area (Å²) in [5.74, 6) is 0. The standard InChI is InChI=1S/C13H16ClF2NO3/c1-13(2,3)20-12(19)17-7-4-5-9(14)8(6-7)10(18)11(15)16/h4-6,10-11,18H,1-3H3,(H,17,19). The van der Waals surface area contributed by atoms with Crippen LogP contribution in [0.4, 0.5) is 19.3 Å². The molecule has 2 N–H and O–H groups in total. The highest BCUT2D eigenvalue weighted by Gasteiger charge is 2.23. The van der Waals surface area contributed by atoms with Crippen molar-refractivity contribution in [3.8, 4) is 0 Å². The molecule has 0 saturated carbocycles. The molecule has 0 heterocycles. The Kier molecular flexibility index (Phi) is 5.30. The molecule has 4 nitrogen and oxygen atoms in total. The van der Waals surface area contributed by atoms with Crippen LogP contribution in [0, 0.1) is 0 Å². The average molecular weight is 308 g/mol. The number of anilines is 1. The summed E-state index contributed by atoms with van der Waals surface area (Å²) in [5, 5.41) is 11.7.